The van der Waals surface area contributed by atoms with Crippen molar-refractivity contribution in [3.05, 3.63) is 71.9 Å². The fraction of sp³-hybridized carbons (Fsp3) is 0.217. The molecule has 160 valence electrons. The Hall–Kier alpha value is -3.39. The molecule has 2 N–H and O–H groups in total. The van der Waals surface area contributed by atoms with Crippen LogP contribution in [0.3, 0.4) is 0 Å². The molecular formula is C23H21F3N4O. The van der Waals surface area contributed by atoms with Crippen LogP contribution in [0.1, 0.15) is 17.5 Å². The second kappa shape index (κ2) is 8.39. The van der Waals surface area contributed by atoms with E-state index in [1.807, 2.05) is 49.4 Å². The molecule has 4 rings (SSSR count). The number of aryl methyl sites for hydroxylation is 1. The molecule has 0 unspecified atom stereocenters. The molecule has 0 aliphatic heterocycles. The third kappa shape index (κ3) is 4.54. The van der Waals surface area contributed by atoms with Gasteiger partial charge in [0.25, 0.3) is 0 Å². The first-order valence-electron chi connectivity index (χ1n) is 9.81. The number of aromatic nitrogens is 3. The van der Waals surface area contributed by atoms with Crippen molar-refractivity contribution in [2.24, 2.45) is 0 Å². The van der Waals surface area contributed by atoms with E-state index >= 15 is 0 Å². The van der Waals surface area contributed by atoms with E-state index in [0.717, 1.165) is 16.8 Å². The number of fused-ring (bicyclic) bond motifs is 1. The summed E-state index contributed by atoms with van der Waals surface area (Å²) in [5.41, 5.74) is 5.50. The molecule has 31 heavy (non-hydrogen) atoms. The zero-order chi connectivity index (χ0) is 22.0. The van der Waals surface area contributed by atoms with Gasteiger partial charge in [-0.25, -0.2) is 9.50 Å². The van der Waals surface area contributed by atoms with E-state index in [9.17, 15) is 18.3 Å². The Morgan fingerprint density at radius 1 is 1.06 bits per heavy atom. The molecule has 0 aliphatic rings. The highest BCUT2D eigenvalue weighted by molar-refractivity contribution is 5.77. The topological polar surface area (TPSA) is 62.5 Å². The van der Waals surface area contributed by atoms with Gasteiger partial charge in [0.15, 0.2) is 5.65 Å². The number of hydrogen-bond donors (Lipinski definition) is 2. The minimum absolute atomic E-state index is 0.179. The second-order valence-corrected chi connectivity index (χ2v) is 7.30. The number of alkyl halides is 3. The van der Waals surface area contributed by atoms with E-state index < -0.39 is 12.6 Å². The van der Waals surface area contributed by atoms with Crippen LogP contribution in [0.25, 0.3) is 28.2 Å². The molecule has 2 aromatic carbocycles. The number of aliphatic hydroxyl groups is 1. The summed E-state index contributed by atoms with van der Waals surface area (Å²) in [5.74, 6) is 0. The standard InChI is InChI=1S/C23H21F3N4O/c1-15-6-8-16(9-7-15)21-13-28-22-20(27-11-10-23(24,25)26)12-19(29-30(21)22)18-5-3-2-4-17(18)14-31/h2-9,12-13,27,31H,10-11,14H2,1H3. The van der Waals surface area contributed by atoms with Gasteiger partial charge in [-0.15, -0.1) is 0 Å². The largest absolute Gasteiger partial charge is 0.392 e. The molecule has 0 radical (unpaired) electrons. The van der Waals surface area contributed by atoms with Gasteiger partial charge in [0.1, 0.15) is 0 Å². The Morgan fingerprint density at radius 3 is 2.52 bits per heavy atom. The van der Waals surface area contributed by atoms with Gasteiger partial charge >= 0.3 is 6.18 Å². The molecule has 0 saturated heterocycles. The van der Waals surface area contributed by atoms with Crippen LogP contribution in [0.15, 0.2) is 60.8 Å². The summed E-state index contributed by atoms with van der Waals surface area (Å²) in [4.78, 5) is 4.42. The maximum absolute atomic E-state index is 12.7. The Morgan fingerprint density at radius 2 is 1.81 bits per heavy atom. The van der Waals surface area contributed by atoms with Crippen LogP contribution in [0.4, 0.5) is 18.9 Å². The molecule has 5 nitrogen and oxygen atoms in total. The zero-order valence-corrected chi connectivity index (χ0v) is 16.8. The molecule has 8 heteroatoms. The van der Waals surface area contributed by atoms with Crippen LogP contribution in [0.5, 0.6) is 0 Å². The predicted octanol–water partition coefficient (Wildman–Crippen LogP) is 5.23. The summed E-state index contributed by atoms with van der Waals surface area (Å²) in [7, 11) is 0. The highest BCUT2D eigenvalue weighted by Crippen LogP contribution is 2.30. The van der Waals surface area contributed by atoms with Crippen LogP contribution in [-0.4, -0.2) is 32.4 Å². The van der Waals surface area contributed by atoms with Crippen molar-refractivity contribution in [1.82, 2.24) is 14.6 Å². The molecule has 0 saturated carbocycles. The Kier molecular flexibility index (Phi) is 5.65. The molecule has 0 amide bonds. The lowest BCUT2D eigenvalue weighted by Gasteiger charge is -2.13. The number of anilines is 1. The number of benzene rings is 2. The van der Waals surface area contributed by atoms with E-state index in [-0.39, 0.29) is 13.2 Å². The Bertz CT molecular complexity index is 1200. The van der Waals surface area contributed by atoms with Gasteiger partial charge in [-0.2, -0.15) is 18.3 Å². The van der Waals surface area contributed by atoms with E-state index in [2.05, 4.69) is 10.3 Å². The number of nitrogens with zero attached hydrogens (tertiary/aromatic N) is 3. The van der Waals surface area contributed by atoms with Gasteiger partial charge in [-0.05, 0) is 18.6 Å². The summed E-state index contributed by atoms with van der Waals surface area (Å²) in [6, 6.07) is 16.8. The van der Waals surface area contributed by atoms with Gasteiger partial charge < -0.3 is 10.4 Å². The number of hydrogen-bond acceptors (Lipinski definition) is 4. The molecule has 0 bridgehead atoms. The van der Waals surface area contributed by atoms with E-state index in [1.54, 1.807) is 22.8 Å². The van der Waals surface area contributed by atoms with Gasteiger partial charge in [-0.3, -0.25) is 0 Å². The van der Waals surface area contributed by atoms with Crippen molar-refractivity contribution in [1.29, 1.82) is 0 Å². The van der Waals surface area contributed by atoms with Crippen LogP contribution >= 0.6 is 0 Å². The van der Waals surface area contributed by atoms with Crippen molar-refractivity contribution in [3.8, 4) is 22.5 Å². The average molecular weight is 426 g/mol. The molecule has 2 aromatic heterocycles. The average Bonchev–Trinajstić information content (AvgIpc) is 3.17. The van der Waals surface area contributed by atoms with Crippen LogP contribution in [0.2, 0.25) is 0 Å². The lowest BCUT2D eigenvalue weighted by atomic mass is 10.0. The molecule has 0 aliphatic carbocycles. The molecule has 0 fully saturated rings. The number of aliphatic hydroxyl groups excluding tert-OH is 1. The van der Waals surface area contributed by atoms with Crippen LogP contribution in [0, 0.1) is 6.92 Å². The number of rotatable bonds is 6. The maximum atomic E-state index is 12.7. The summed E-state index contributed by atoms with van der Waals surface area (Å²) in [6.07, 6.45) is -3.57. The second-order valence-electron chi connectivity index (χ2n) is 7.30. The smallest absolute Gasteiger partial charge is 0.390 e. The highest BCUT2D eigenvalue weighted by Gasteiger charge is 2.26. The van der Waals surface area contributed by atoms with E-state index in [0.29, 0.717) is 28.2 Å². The zero-order valence-electron chi connectivity index (χ0n) is 16.8. The maximum Gasteiger partial charge on any atom is 0.390 e. The molecule has 0 spiro atoms. The highest BCUT2D eigenvalue weighted by atomic mass is 19.4. The first-order chi connectivity index (χ1) is 14.9. The summed E-state index contributed by atoms with van der Waals surface area (Å²) in [5, 5.41) is 17.3. The first kappa shape index (κ1) is 20.9. The van der Waals surface area contributed by atoms with Crippen LogP contribution < -0.4 is 5.32 Å². The lowest BCUT2D eigenvalue weighted by molar-refractivity contribution is -0.131. The fourth-order valence-corrected chi connectivity index (χ4v) is 3.40. The van der Waals surface area contributed by atoms with E-state index in [4.69, 9.17) is 5.10 Å². The molecule has 0 atom stereocenters. The molecule has 4 aromatic rings. The van der Waals surface area contributed by atoms with Crippen LogP contribution in [-0.2, 0) is 6.61 Å². The van der Waals surface area contributed by atoms with Gasteiger partial charge in [0.2, 0.25) is 0 Å². The quantitative estimate of drug-likeness (QED) is 0.443. The monoisotopic (exact) mass is 426 g/mol. The van der Waals surface area contributed by atoms with Crippen molar-refractivity contribution >= 4 is 11.3 Å². The Balaban J connectivity index is 1.85. The van der Waals surface area contributed by atoms with Gasteiger partial charge in [-0.1, -0.05) is 54.1 Å². The van der Waals surface area contributed by atoms with Crippen molar-refractivity contribution in [2.45, 2.75) is 26.1 Å². The van der Waals surface area contributed by atoms with E-state index in [1.165, 1.54) is 0 Å². The number of halogens is 3. The molecule has 2 heterocycles. The minimum atomic E-state index is -4.26. The van der Waals surface area contributed by atoms with Crippen molar-refractivity contribution < 1.29 is 18.3 Å². The number of imidazole rings is 1. The lowest BCUT2D eigenvalue weighted by Crippen LogP contribution is -2.15. The summed E-state index contributed by atoms with van der Waals surface area (Å²) in [6.45, 7) is 1.53. The minimum Gasteiger partial charge on any atom is -0.392 e. The predicted molar refractivity (Wildman–Crippen MR) is 114 cm³/mol. The first-order valence-corrected chi connectivity index (χ1v) is 9.81. The third-order valence-electron chi connectivity index (χ3n) is 5.00. The van der Waals surface area contributed by atoms with Gasteiger partial charge in [0, 0.05) is 17.7 Å². The SMILES string of the molecule is Cc1ccc(-c2cnc3c(NCCC(F)(F)F)cc(-c4ccccc4CO)nn23)cc1. The summed E-state index contributed by atoms with van der Waals surface area (Å²) >= 11 is 0. The normalized spacial score (nSPS) is 11.8. The number of nitrogens with one attached hydrogen (secondary N) is 1. The van der Waals surface area contributed by atoms with Crippen molar-refractivity contribution in [2.75, 3.05) is 11.9 Å². The Labute approximate surface area is 177 Å². The summed E-state index contributed by atoms with van der Waals surface area (Å²) < 4.78 is 39.6. The third-order valence-corrected chi connectivity index (χ3v) is 5.00. The molecular weight excluding hydrogens is 405 g/mol. The van der Waals surface area contributed by atoms with Crippen molar-refractivity contribution in [3.63, 3.8) is 0 Å². The fourth-order valence-electron chi connectivity index (χ4n) is 3.40. The van der Waals surface area contributed by atoms with Gasteiger partial charge in [0.05, 0.1) is 36.3 Å².